The molecule has 0 bridgehead atoms. The van der Waals surface area contributed by atoms with Gasteiger partial charge in [-0.2, -0.15) is 0 Å². The quantitative estimate of drug-likeness (QED) is 0.379. The summed E-state index contributed by atoms with van der Waals surface area (Å²) in [5.41, 5.74) is 9.44. The van der Waals surface area contributed by atoms with Crippen molar-refractivity contribution in [2.24, 2.45) is 0 Å². The minimum absolute atomic E-state index is 0.785. The van der Waals surface area contributed by atoms with E-state index in [0.29, 0.717) is 0 Å². The van der Waals surface area contributed by atoms with Gasteiger partial charge >= 0.3 is 0 Å². The number of hydrogen-bond donors (Lipinski definition) is 0. The predicted molar refractivity (Wildman–Crippen MR) is 104 cm³/mol. The van der Waals surface area contributed by atoms with Crippen molar-refractivity contribution >= 4 is 11.1 Å². The maximum absolute atomic E-state index is 3.91. The molecule has 0 saturated carbocycles. The maximum atomic E-state index is 3.91. The normalized spacial score (nSPS) is 9.83. The molecule has 0 fully saturated rings. The van der Waals surface area contributed by atoms with Crippen molar-refractivity contribution in [1.82, 2.24) is 0 Å². The summed E-state index contributed by atoms with van der Waals surface area (Å²) in [5, 5.41) is 0. The third-order valence-corrected chi connectivity index (χ3v) is 3.87. The van der Waals surface area contributed by atoms with Gasteiger partial charge in [-0.3, -0.25) is 0 Å². The lowest BCUT2D eigenvalue weighted by Gasteiger charge is -2.08. The summed E-state index contributed by atoms with van der Waals surface area (Å²) < 4.78 is 0. The van der Waals surface area contributed by atoms with Crippen LogP contribution in [0.5, 0.6) is 0 Å². The van der Waals surface area contributed by atoms with Crippen LogP contribution in [-0.2, 0) is 0 Å². The molecule has 0 aromatic heterocycles. The molecule has 0 aliphatic heterocycles. The average molecular weight is 308 g/mol. The zero-order valence-electron chi connectivity index (χ0n) is 13.7. The smallest absolute Gasteiger partial charge is 0.0312 e. The summed E-state index contributed by atoms with van der Waals surface area (Å²) in [5.74, 6) is 0. The fourth-order valence-electron chi connectivity index (χ4n) is 2.70. The second-order valence-electron chi connectivity index (χ2n) is 5.57. The average Bonchev–Trinajstić information content (AvgIpc) is 2.67. The summed E-state index contributed by atoms with van der Waals surface area (Å²) >= 11 is 0. The first-order valence-corrected chi connectivity index (χ1v) is 8.15. The van der Waals surface area contributed by atoms with E-state index >= 15 is 0 Å². The molecule has 0 nitrogen and oxygen atoms in total. The summed E-state index contributed by atoms with van der Waals surface area (Å²) in [4.78, 5) is 0. The Morgan fingerprint density at radius 1 is 0.667 bits per heavy atom. The number of hydrogen-bond acceptors (Lipinski definition) is 0. The Labute approximate surface area is 144 Å². The zero-order valence-corrected chi connectivity index (χ0v) is 13.7. The van der Waals surface area contributed by atoms with Gasteiger partial charge in [-0.05, 0) is 23.1 Å². The topological polar surface area (TPSA) is 0 Å². The minimum Gasteiger partial charge on any atom is -0.107 e. The third-order valence-electron chi connectivity index (χ3n) is 3.87. The molecule has 0 saturated heterocycles. The highest BCUT2D eigenvalue weighted by molar-refractivity contribution is 5.84. The Kier molecular flexibility index (Phi) is 5.24. The number of rotatable bonds is 5. The summed E-state index contributed by atoms with van der Waals surface area (Å²) in [6.45, 7) is 3.91. The van der Waals surface area contributed by atoms with E-state index in [1.165, 1.54) is 16.7 Å². The third kappa shape index (κ3) is 3.81. The van der Waals surface area contributed by atoms with E-state index in [1.54, 1.807) is 0 Å². The highest BCUT2D eigenvalue weighted by atomic mass is 14.1. The Morgan fingerprint density at radius 2 is 1.08 bits per heavy atom. The van der Waals surface area contributed by atoms with Gasteiger partial charge in [-0.1, -0.05) is 97.1 Å². The first-order chi connectivity index (χ1) is 11.9. The summed E-state index contributed by atoms with van der Waals surface area (Å²) in [6, 6.07) is 31.3. The lowest BCUT2D eigenvalue weighted by atomic mass is 9.95. The molecule has 0 radical (unpaired) electrons. The molecular formula is C24H20. The van der Waals surface area contributed by atoms with Crippen molar-refractivity contribution in [2.75, 3.05) is 0 Å². The van der Waals surface area contributed by atoms with Crippen LogP contribution < -0.4 is 0 Å². The van der Waals surface area contributed by atoms with Crippen LogP contribution in [-0.4, -0.2) is 0 Å². The van der Waals surface area contributed by atoms with Gasteiger partial charge in [0, 0.05) is 11.1 Å². The standard InChI is InChI=1S/C24H20/c1-2-12-23(20-13-6-3-7-14-20)19-24(21-15-8-4-9-16-21)22-17-10-5-11-18-22/h2-11,13-18H,1,12H2. The molecule has 0 aliphatic rings. The molecule has 116 valence electrons. The van der Waals surface area contributed by atoms with Gasteiger partial charge in [0.15, 0.2) is 0 Å². The first kappa shape index (κ1) is 15.8. The minimum atomic E-state index is 0.785. The Balaban J connectivity index is 2.26. The molecule has 3 rings (SSSR count). The molecule has 0 heteroatoms. The van der Waals surface area contributed by atoms with Crippen LogP contribution in [0.4, 0.5) is 0 Å². The first-order valence-electron chi connectivity index (χ1n) is 8.15. The van der Waals surface area contributed by atoms with Crippen LogP contribution in [0.3, 0.4) is 0 Å². The largest absolute Gasteiger partial charge is 0.107 e. The second kappa shape index (κ2) is 7.97. The van der Waals surface area contributed by atoms with E-state index < -0.39 is 0 Å². The van der Waals surface area contributed by atoms with Crippen LogP contribution in [0.2, 0.25) is 0 Å². The molecule has 0 aliphatic carbocycles. The summed E-state index contributed by atoms with van der Waals surface area (Å²) in [7, 11) is 0. The molecule has 0 heterocycles. The van der Waals surface area contributed by atoms with Crippen LogP contribution in [0, 0.1) is 0 Å². The SMILES string of the molecule is C=CCC(=C=C(c1ccccc1)c1ccccc1)c1ccccc1. The number of allylic oxidation sites excluding steroid dienone is 2. The van der Waals surface area contributed by atoms with E-state index in [2.05, 4.69) is 85.1 Å². The van der Waals surface area contributed by atoms with Gasteiger partial charge in [-0.15, -0.1) is 12.3 Å². The lowest BCUT2D eigenvalue weighted by molar-refractivity contribution is 1.40. The van der Waals surface area contributed by atoms with E-state index in [9.17, 15) is 0 Å². The van der Waals surface area contributed by atoms with Crippen molar-refractivity contribution in [3.05, 3.63) is 126 Å². The summed E-state index contributed by atoms with van der Waals surface area (Å²) in [6.07, 6.45) is 2.72. The fourth-order valence-corrected chi connectivity index (χ4v) is 2.70. The molecule has 0 unspecified atom stereocenters. The van der Waals surface area contributed by atoms with Gasteiger partial charge in [0.05, 0.1) is 0 Å². The predicted octanol–water partition coefficient (Wildman–Crippen LogP) is 6.38. The highest BCUT2D eigenvalue weighted by Gasteiger charge is 2.05. The Morgan fingerprint density at radius 3 is 1.50 bits per heavy atom. The van der Waals surface area contributed by atoms with E-state index in [0.717, 1.165) is 17.6 Å². The van der Waals surface area contributed by atoms with Crippen molar-refractivity contribution in [3.63, 3.8) is 0 Å². The zero-order chi connectivity index (χ0) is 16.6. The lowest BCUT2D eigenvalue weighted by Crippen LogP contribution is -1.88. The van der Waals surface area contributed by atoms with Crippen LogP contribution in [0.25, 0.3) is 11.1 Å². The van der Waals surface area contributed by atoms with E-state index in [1.807, 2.05) is 24.3 Å². The van der Waals surface area contributed by atoms with Crippen molar-refractivity contribution < 1.29 is 0 Å². The molecule has 0 spiro atoms. The van der Waals surface area contributed by atoms with Gasteiger partial charge in [0.1, 0.15) is 0 Å². The molecule has 0 atom stereocenters. The molecule has 0 N–H and O–H groups in total. The van der Waals surface area contributed by atoms with Crippen molar-refractivity contribution in [1.29, 1.82) is 0 Å². The van der Waals surface area contributed by atoms with E-state index in [-0.39, 0.29) is 0 Å². The second-order valence-corrected chi connectivity index (χ2v) is 5.57. The van der Waals surface area contributed by atoms with Crippen LogP contribution in [0.1, 0.15) is 23.1 Å². The maximum Gasteiger partial charge on any atom is 0.0312 e. The van der Waals surface area contributed by atoms with Crippen molar-refractivity contribution in [2.45, 2.75) is 6.42 Å². The van der Waals surface area contributed by atoms with Gasteiger partial charge in [0.2, 0.25) is 0 Å². The number of benzene rings is 3. The fraction of sp³-hybridized carbons (Fsp3) is 0.0417. The van der Waals surface area contributed by atoms with E-state index in [4.69, 9.17) is 0 Å². The van der Waals surface area contributed by atoms with Gasteiger partial charge in [-0.25, -0.2) is 0 Å². The van der Waals surface area contributed by atoms with Crippen LogP contribution in [0.15, 0.2) is 109 Å². The van der Waals surface area contributed by atoms with Crippen LogP contribution >= 0.6 is 0 Å². The van der Waals surface area contributed by atoms with Gasteiger partial charge < -0.3 is 0 Å². The molecule has 0 amide bonds. The molecule has 3 aromatic rings. The molecule has 3 aromatic carbocycles. The van der Waals surface area contributed by atoms with Gasteiger partial charge in [0.25, 0.3) is 0 Å². The highest BCUT2D eigenvalue weighted by Crippen LogP contribution is 2.26. The monoisotopic (exact) mass is 308 g/mol. The Bertz CT molecular complexity index is 808. The molecular weight excluding hydrogens is 288 g/mol. The van der Waals surface area contributed by atoms with Crippen molar-refractivity contribution in [3.8, 4) is 0 Å². The Hall–Kier alpha value is -3.08. The molecule has 24 heavy (non-hydrogen) atoms.